The van der Waals surface area contributed by atoms with Crippen LogP contribution in [0, 0.1) is 19.8 Å². The zero-order chi connectivity index (χ0) is 20.4. The van der Waals surface area contributed by atoms with Gasteiger partial charge in [-0.15, -0.1) is 0 Å². The molecule has 3 aromatic rings. The highest BCUT2D eigenvalue weighted by molar-refractivity contribution is 5.92. The molecule has 1 atom stereocenters. The van der Waals surface area contributed by atoms with Crippen LogP contribution in [0.15, 0.2) is 24.3 Å². The lowest BCUT2D eigenvalue weighted by atomic mass is 9.94. The number of fused-ring (bicyclic) bond motifs is 1. The second kappa shape index (κ2) is 8.37. The number of H-pyrrole nitrogens is 1. The van der Waals surface area contributed by atoms with E-state index in [4.69, 9.17) is 4.98 Å². The molecule has 4 rings (SSSR count). The third-order valence-corrected chi connectivity index (χ3v) is 5.95. The van der Waals surface area contributed by atoms with Gasteiger partial charge in [-0.25, -0.2) is 4.98 Å². The van der Waals surface area contributed by atoms with Crippen molar-refractivity contribution in [2.75, 3.05) is 25.0 Å². The SMILES string of the molecule is Cc1nn(C)c(C)c1NC(=O)CCN1CCC[C@H](Cc2nc3ccccc3[nH]2)C1. The van der Waals surface area contributed by atoms with Crippen molar-refractivity contribution >= 4 is 22.6 Å². The molecule has 1 aliphatic heterocycles. The van der Waals surface area contributed by atoms with Gasteiger partial charge in [-0.3, -0.25) is 9.48 Å². The fourth-order valence-corrected chi connectivity index (χ4v) is 4.31. The average Bonchev–Trinajstić information content (AvgIpc) is 3.21. The predicted molar refractivity (Wildman–Crippen MR) is 115 cm³/mol. The van der Waals surface area contributed by atoms with E-state index in [0.29, 0.717) is 12.3 Å². The van der Waals surface area contributed by atoms with E-state index in [2.05, 4.69) is 26.4 Å². The van der Waals surface area contributed by atoms with Crippen LogP contribution < -0.4 is 5.32 Å². The van der Waals surface area contributed by atoms with Gasteiger partial charge in [0.2, 0.25) is 5.91 Å². The second-order valence-electron chi connectivity index (χ2n) is 8.18. The van der Waals surface area contributed by atoms with Gasteiger partial charge in [0.15, 0.2) is 0 Å². The molecule has 0 saturated carbocycles. The Labute approximate surface area is 171 Å². The number of nitrogens with zero attached hydrogens (tertiary/aromatic N) is 4. The minimum atomic E-state index is 0.0589. The number of aryl methyl sites for hydroxylation is 2. The summed E-state index contributed by atoms with van der Waals surface area (Å²) in [7, 11) is 1.90. The van der Waals surface area contributed by atoms with Gasteiger partial charge in [0.1, 0.15) is 5.82 Å². The molecule has 29 heavy (non-hydrogen) atoms. The van der Waals surface area contributed by atoms with E-state index in [0.717, 1.165) is 60.0 Å². The van der Waals surface area contributed by atoms with Crippen LogP contribution in [0.5, 0.6) is 0 Å². The number of rotatable bonds is 6. The topological polar surface area (TPSA) is 78.8 Å². The Bertz CT molecular complexity index is 971. The zero-order valence-corrected chi connectivity index (χ0v) is 17.5. The van der Waals surface area contributed by atoms with Gasteiger partial charge in [0.05, 0.1) is 28.1 Å². The number of para-hydroxylation sites is 2. The van der Waals surface area contributed by atoms with E-state index in [-0.39, 0.29) is 5.91 Å². The van der Waals surface area contributed by atoms with Gasteiger partial charge >= 0.3 is 0 Å². The number of likely N-dealkylation sites (tertiary alicyclic amines) is 1. The first-order valence-corrected chi connectivity index (χ1v) is 10.5. The fraction of sp³-hybridized carbons (Fsp3) is 0.500. The fourth-order valence-electron chi connectivity index (χ4n) is 4.31. The number of aromatic amines is 1. The highest BCUT2D eigenvalue weighted by Gasteiger charge is 2.22. The summed E-state index contributed by atoms with van der Waals surface area (Å²) in [5.74, 6) is 1.71. The molecule has 0 unspecified atom stereocenters. The summed E-state index contributed by atoms with van der Waals surface area (Å²) in [4.78, 5) is 23.0. The summed E-state index contributed by atoms with van der Waals surface area (Å²) in [5, 5.41) is 7.40. The quantitative estimate of drug-likeness (QED) is 0.673. The Morgan fingerprint density at radius 2 is 2.14 bits per heavy atom. The first kappa shape index (κ1) is 19.6. The molecule has 0 aliphatic carbocycles. The molecule has 1 aromatic carbocycles. The minimum absolute atomic E-state index is 0.0589. The number of nitrogens with one attached hydrogen (secondary N) is 2. The van der Waals surface area contributed by atoms with Crippen LogP contribution >= 0.6 is 0 Å². The molecule has 2 N–H and O–H groups in total. The Hall–Kier alpha value is -2.67. The van der Waals surface area contributed by atoms with E-state index in [9.17, 15) is 4.79 Å². The Morgan fingerprint density at radius 1 is 1.31 bits per heavy atom. The predicted octanol–water partition coefficient (Wildman–Crippen LogP) is 3.20. The Kier molecular flexibility index (Phi) is 5.67. The van der Waals surface area contributed by atoms with Gasteiger partial charge in [0.25, 0.3) is 0 Å². The minimum Gasteiger partial charge on any atom is -0.342 e. The lowest BCUT2D eigenvalue weighted by molar-refractivity contribution is -0.116. The van der Waals surface area contributed by atoms with Gasteiger partial charge in [0, 0.05) is 33.0 Å². The standard InChI is InChI=1S/C22H30N6O/c1-15-22(16(2)27(3)26-15)25-21(29)10-12-28-11-6-7-17(14-28)13-20-23-18-8-4-5-9-19(18)24-20/h4-5,8-9,17H,6-7,10-14H2,1-3H3,(H,23,24)(H,25,29)/t17-/m1/s1. The van der Waals surface area contributed by atoms with Crippen molar-refractivity contribution in [3.05, 3.63) is 41.5 Å². The van der Waals surface area contributed by atoms with Crippen LogP contribution in [-0.4, -0.2) is 50.2 Å². The highest BCUT2D eigenvalue weighted by Crippen LogP contribution is 2.22. The smallest absolute Gasteiger partial charge is 0.225 e. The summed E-state index contributed by atoms with van der Waals surface area (Å²) in [6.45, 7) is 6.78. The van der Waals surface area contributed by atoms with E-state index >= 15 is 0 Å². The third kappa shape index (κ3) is 4.50. The zero-order valence-electron chi connectivity index (χ0n) is 17.5. The first-order valence-electron chi connectivity index (χ1n) is 10.5. The van der Waals surface area contributed by atoms with E-state index in [1.807, 2.05) is 39.1 Å². The maximum atomic E-state index is 12.5. The second-order valence-corrected chi connectivity index (χ2v) is 8.18. The average molecular weight is 395 g/mol. The molecule has 0 bridgehead atoms. The van der Waals surface area contributed by atoms with Gasteiger partial charge < -0.3 is 15.2 Å². The van der Waals surface area contributed by atoms with Crippen LogP contribution in [0.25, 0.3) is 11.0 Å². The molecule has 1 fully saturated rings. The van der Waals surface area contributed by atoms with E-state index in [1.165, 1.54) is 12.8 Å². The molecular weight excluding hydrogens is 364 g/mol. The Balaban J connectivity index is 1.29. The number of piperidine rings is 1. The number of hydrogen-bond donors (Lipinski definition) is 2. The number of hydrogen-bond acceptors (Lipinski definition) is 4. The lowest BCUT2D eigenvalue weighted by Gasteiger charge is -2.32. The lowest BCUT2D eigenvalue weighted by Crippen LogP contribution is -2.38. The largest absolute Gasteiger partial charge is 0.342 e. The molecular formula is C22H30N6O. The number of aromatic nitrogens is 4. The van der Waals surface area contributed by atoms with Crippen LogP contribution in [0.4, 0.5) is 5.69 Å². The number of benzene rings is 1. The Morgan fingerprint density at radius 3 is 2.90 bits per heavy atom. The first-order chi connectivity index (χ1) is 14.0. The van der Waals surface area contributed by atoms with Crippen molar-refractivity contribution in [1.82, 2.24) is 24.6 Å². The molecule has 7 nitrogen and oxygen atoms in total. The van der Waals surface area contributed by atoms with Gasteiger partial charge in [-0.2, -0.15) is 5.10 Å². The van der Waals surface area contributed by atoms with Crippen molar-refractivity contribution in [1.29, 1.82) is 0 Å². The summed E-state index contributed by atoms with van der Waals surface area (Å²) < 4.78 is 1.80. The number of imidazole rings is 1. The summed E-state index contributed by atoms with van der Waals surface area (Å²) in [5.41, 5.74) is 4.83. The maximum Gasteiger partial charge on any atom is 0.225 e. The van der Waals surface area contributed by atoms with Gasteiger partial charge in [-0.1, -0.05) is 12.1 Å². The summed E-state index contributed by atoms with van der Waals surface area (Å²) in [6, 6.07) is 8.18. The molecule has 154 valence electrons. The summed E-state index contributed by atoms with van der Waals surface area (Å²) in [6.07, 6.45) is 3.86. The molecule has 1 aliphatic rings. The highest BCUT2D eigenvalue weighted by atomic mass is 16.1. The number of carbonyl (C=O) groups is 1. The van der Waals surface area contributed by atoms with Crippen LogP contribution in [-0.2, 0) is 18.3 Å². The van der Waals surface area contributed by atoms with Gasteiger partial charge in [-0.05, 0) is 51.3 Å². The molecule has 1 saturated heterocycles. The molecule has 0 radical (unpaired) electrons. The van der Waals surface area contributed by atoms with E-state index < -0.39 is 0 Å². The van der Waals surface area contributed by atoms with Crippen LogP contribution in [0.2, 0.25) is 0 Å². The molecule has 0 spiro atoms. The number of amides is 1. The third-order valence-electron chi connectivity index (χ3n) is 5.95. The number of anilines is 1. The van der Waals surface area contributed by atoms with Crippen molar-refractivity contribution in [3.63, 3.8) is 0 Å². The molecule has 7 heteroatoms. The molecule has 1 amide bonds. The van der Waals surface area contributed by atoms with Crippen molar-refractivity contribution in [2.45, 2.75) is 39.5 Å². The monoisotopic (exact) mass is 394 g/mol. The summed E-state index contributed by atoms with van der Waals surface area (Å²) >= 11 is 0. The van der Waals surface area contributed by atoms with Crippen LogP contribution in [0.3, 0.4) is 0 Å². The maximum absolute atomic E-state index is 12.5. The normalized spacial score (nSPS) is 17.7. The van der Waals surface area contributed by atoms with Crippen LogP contribution in [0.1, 0.15) is 36.5 Å². The van der Waals surface area contributed by atoms with E-state index in [1.54, 1.807) is 4.68 Å². The number of carbonyl (C=O) groups excluding carboxylic acids is 1. The van der Waals surface area contributed by atoms with Crippen molar-refractivity contribution < 1.29 is 4.79 Å². The molecule has 2 aromatic heterocycles. The van der Waals surface area contributed by atoms with Crippen molar-refractivity contribution in [3.8, 4) is 0 Å². The van der Waals surface area contributed by atoms with Crippen molar-refractivity contribution in [2.24, 2.45) is 13.0 Å². The molecule has 3 heterocycles.